The molecule has 7 nitrogen and oxygen atoms in total. The van der Waals surface area contributed by atoms with E-state index in [0.29, 0.717) is 13.0 Å². The van der Waals surface area contributed by atoms with Gasteiger partial charge in [0.25, 0.3) is 0 Å². The van der Waals surface area contributed by atoms with Gasteiger partial charge in [0.1, 0.15) is 12.6 Å². The van der Waals surface area contributed by atoms with E-state index in [0.717, 1.165) is 21.7 Å². The number of aryl methyl sites for hydroxylation is 1. The summed E-state index contributed by atoms with van der Waals surface area (Å²) < 4.78 is 26.1. The molecule has 0 aromatic heterocycles. The summed E-state index contributed by atoms with van der Waals surface area (Å²) in [5.41, 5.74) is 2.00. The molecular formula is C23H29Cl2N3O4S. The van der Waals surface area contributed by atoms with E-state index in [9.17, 15) is 18.0 Å². The van der Waals surface area contributed by atoms with Crippen LogP contribution in [0, 0.1) is 6.92 Å². The zero-order chi connectivity index (χ0) is 24.8. The maximum Gasteiger partial charge on any atom is 0.244 e. The molecule has 0 aliphatic heterocycles. The highest BCUT2D eigenvalue weighted by molar-refractivity contribution is 7.92. The van der Waals surface area contributed by atoms with E-state index < -0.39 is 28.5 Å². The molecule has 0 fully saturated rings. The standard InChI is InChI=1S/C23H29Cl2N3O4S/c1-5-21(23(30)26-6-2)27(14-17-10-8-7-9-16(17)3)22(29)15-28(33(4,31)32)20-12-18(24)11-19(25)13-20/h7-13,21H,5-6,14-15H2,1-4H3,(H,26,30)/t21-/m0/s1. The topological polar surface area (TPSA) is 86.8 Å². The van der Waals surface area contributed by atoms with Gasteiger partial charge < -0.3 is 10.2 Å². The Hall–Kier alpha value is -2.29. The summed E-state index contributed by atoms with van der Waals surface area (Å²) in [6.07, 6.45) is 1.37. The molecule has 2 amide bonds. The number of nitrogens with one attached hydrogen (secondary N) is 1. The second-order valence-corrected chi connectivity index (χ2v) is 10.4. The maximum atomic E-state index is 13.5. The van der Waals surface area contributed by atoms with E-state index in [1.54, 1.807) is 6.92 Å². The van der Waals surface area contributed by atoms with Crippen LogP contribution < -0.4 is 9.62 Å². The molecule has 2 aromatic rings. The lowest BCUT2D eigenvalue weighted by atomic mass is 10.1. The molecule has 0 spiro atoms. The van der Waals surface area contributed by atoms with Gasteiger partial charge in [-0.1, -0.05) is 54.4 Å². The minimum absolute atomic E-state index is 0.162. The number of nitrogens with zero attached hydrogens (tertiary/aromatic N) is 2. The van der Waals surface area contributed by atoms with Crippen LogP contribution in [-0.4, -0.2) is 50.5 Å². The Balaban J connectivity index is 2.48. The lowest BCUT2D eigenvalue weighted by Gasteiger charge is -2.33. The summed E-state index contributed by atoms with van der Waals surface area (Å²) in [5.74, 6) is -0.809. The monoisotopic (exact) mass is 513 g/mol. The summed E-state index contributed by atoms with van der Waals surface area (Å²) in [5, 5.41) is 3.24. The molecule has 10 heteroatoms. The van der Waals surface area contributed by atoms with Crippen molar-refractivity contribution < 1.29 is 18.0 Å². The molecule has 0 saturated carbocycles. The average molecular weight is 514 g/mol. The van der Waals surface area contributed by atoms with Crippen LogP contribution in [0.25, 0.3) is 0 Å². The van der Waals surface area contributed by atoms with Gasteiger partial charge in [-0.05, 0) is 49.6 Å². The fourth-order valence-electron chi connectivity index (χ4n) is 3.48. The van der Waals surface area contributed by atoms with E-state index in [4.69, 9.17) is 23.2 Å². The minimum Gasteiger partial charge on any atom is -0.355 e. The van der Waals surface area contributed by atoms with Gasteiger partial charge in [0, 0.05) is 23.1 Å². The first-order valence-electron chi connectivity index (χ1n) is 10.5. The number of anilines is 1. The van der Waals surface area contributed by atoms with Gasteiger partial charge in [0.05, 0.1) is 11.9 Å². The Kier molecular flexibility index (Phi) is 9.57. The Morgan fingerprint density at radius 3 is 2.18 bits per heavy atom. The smallest absolute Gasteiger partial charge is 0.244 e. The lowest BCUT2D eigenvalue weighted by Crippen LogP contribution is -2.52. The Morgan fingerprint density at radius 1 is 1.06 bits per heavy atom. The van der Waals surface area contributed by atoms with Gasteiger partial charge in [-0.3, -0.25) is 13.9 Å². The van der Waals surface area contributed by atoms with Gasteiger partial charge in [-0.15, -0.1) is 0 Å². The molecular weight excluding hydrogens is 485 g/mol. The summed E-state index contributed by atoms with van der Waals surface area (Å²) in [6, 6.07) is 11.1. The number of likely N-dealkylation sites (N-methyl/N-ethyl adjacent to an activating group) is 1. The first-order chi connectivity index (χ1) is 15.5. The number of carbonyl (C=O) groups is 2. The highest BCUT2D eigenvalue weighted by Crippen LogP contribution is 2.27. The molecule has 2 aromatic carbocycles. The summed E-state index contributed by atoms with van der Waals surface area (Å²) in [6.45, 7) is 5.60. The molecule has 0 aliphatic rings. The molecule has 1 N–H and O–H groups in total. The predicted molar refractivity (Wildman–Crippen MR) is 133 cm³/mol. The molecule has 0 bridgehead atoms. The van der Waals surface area contributed by atoms with Crippen LogP contribution in [0.4, 0.5) is 5.69 Å². The van der Waals surface area contributed by atoms with Crippen molar-refractivity contribution in [3.8, 4) is 0 Å². The third-order valence-electron chi connectivity index (χ3n) is 5.15. The van der Waals surface area contributed by atoms with Gasteiger partial charge >= 0.3 is 0 Å². The molecule has 0 heterocycles. The molecule has 180 valence electrons. The fraction of sp³-hybridized carbons (Fsp3) is 0.391. The van der Waals surface area contributed by atoms with Crippen LogP contribution in [0.15, 0.2) is 42.5 Å². The van der Waals surface area contributed by atoms with E-state index in [-0.39, 0.29) is 28.2 Å². The second kappa shape index (κ2) is 11.7. The Morgan fingerprint density at radius 2 is 1.67 bits per heavy atom. The number of rotatable bonds is 10. The number of hydrogen-bond acceptors (Lipinski definition) is 4. The largest absolute Gasteiger partial charge is 0.355 e. The van der Waals surface area contributed by atoms with Crippen molar-refractivity contribution in [3.63, 3.8) is 0 Å². The zero-order valence-corrected chi connectivity index (χ0v) is 21.5. The number of benzene rings is 2. The maximum absolute atomic E-state index is 13.5. The number of halogens is 2. The van der Waals surface area contributed by atoms with Crippen LogP contribution in [0.3, 0.4) is 0 Å². The highest BCUT2D eigenvalue weighted by Gasteiger charge is 2.31. The van der Waals surface area contributed by atoms with Crippen molar-refractivity contribution in [1.82, 2.24) is 10.2 Å². The fourth-order valence-corrected chi connectivity index (χ4v) is 4.83. The second-order valence-electron chi connectivity index (χ2n) is 7.66. The molecule has 0 saturated heterocycles. The molecule has 33 heavy (non-hydrogen) atoms. The van der Waals surface area contributed by atoms with Crippen LogP contribution in [0.2, 0.25) is 10.0 Å². The molecule has 0 unspecified atom stereocenters. The van der Waals surface area contributed by atoms with E-state index in [2.05, 4.69) is 5.32 Å². The third kappa shape index (κ3) is 7.35. The molecule has 0 aliphatic carbocycles. The Bertz CT molecular complexity index is 1090. The summed E-state index contributed by atoms with van der Waals surface area (Å²) >= 11 is 12.1. The van der Waals surface area contributed by atoms with Crippen LogP contribution >= 0.6 is 23.2 Å². The van der Waals surface area contributed by atoms with Gasteiger partial charge in [-0.25, -0.2) is 8.42 Å². The number of sulfonamides is 1. The van der Waals surface area contributed by atoms with Crippen molar-refractivity contribution in [1.29, 1.82) is 0 Å². The quantitative estimate of drug-likeness (QED) is 0.519. The van der Waals surface area contributed by atoms with Crippen molar-refractivity contribution >= 4 is 50.7 Å². The van der Waals surface area contributed by atoms with Gasteiger partial charge in [-0.2, -0.15) is 0 Å². The van der Waals surface area contributed by atoms with E-state index >= 15 is 0 Å². The summed E-state index contributed by atoms with van der Waals surface area (Å²) in [4.78, 5) is 27.7. The minimum atomic E-state index is -3.86. The predicted octanol–water partition coefficient (Wildman–Crippen LogP) is 4.01. The molecule has 2 rings (SSSR count). The highest BCUT2D eigenvalue weighted by atomic mass is 35.5. The summed E-state index contributed by atoms with van der Waals surface area (Å²) in [7, 11) is -3.86. The number of amides is 2. The number of hydrogen-bond donors (Lipinski definition) is 1. The SMILES string of the molecule is CCNC(=O)[C@H](CC)N(Cc1ccccc1C)C(=O)CN(c1cc(Cl)cc(Cl)c1)S(C)(=O)=O. The zero-order valence-electron chi connectivity index (χ0n) is 19.1. The van der Waals surface area contributed by atoms with Gasteiger partial charge in [0.2, 0.25) is 21.8 Å². The van der Waals surface area contributed by atoms with Crippen LogP contribution in [0.1, 0.15) is 31.4 Å². The van der Waals surface area contributed by atoms with Crippen LogP contribution in [0.5, 0.6) is 0 Å². The Labute approximate surface area is 205 Å². The first kappa shape index (κ1) is 27.0. The lowest BCUT2D eigenvalue weighted by molar-refractivity contribution is -0.140. The van der Waals surface area contributed by atoms with E-state index in [1.807, 2.05) is 38.1 Å². The molecule has 0 radical (unpaired) electrons. The van der Waals surface area contributed by atoms with Crippen molar-refractivity contribution in [3.05, 3.63) is 63.6 Å². The van der Waals surface area contributed by atoms with E-state index in [1.165, 1.54) is 23.1 Å². The third-order valence-corrected chi connectivity index (χ3v) is 6.73. The average Bonchev–Trinajstić information content (AvgIpc) is 2.71. The number of carbonyl (C=O) groups excluding carboxylic acids is 2. The van der Waals surface area contributed by atoms with Gasteiger partial charge in [0.15, 0.2) is 0 Å². The first-order valence-corrected chi connectivity index (χ1v) is 13.1. The van der Waals surface area contributed by atoms with Crippen molar-refractivity contribution in [2.45, 2.75) is 39.8 Å². The van der Waals surface area contributed by atoms with Crippen molar-refractivity contribution in [2.24, 2.45) is 0 Å². The molecule has 1 atom stereocenters. The normalized spacial score (nSPS) is 12.2. The van der Waals surface area contributed by atoms with Crippen LogP contribution in [-0.2, 0) is 26.2 Å². The van der Waals surface area contributed by atoms with Crippen molar-refractivity contribution in [2.75, 3.05) is 23.7 Å².